The Balaban J connectivity index is 1.39. The van der Waals surface area contributed by atoms with Gasteiger partial charge in [-0.05, 0) is 68.5 Å². The molecule has 0 spiro atoms. The Morgan fingerprint density at radius 2 is 1.97 bits per heavy atom. The zero-order chi connectivity index (χ0) is 20.1. The van der Waals surface area contributed by atoms with E-state index >= 15 is 0 Å². The Bertz CT molecular complexity index is 837. The fraction of sp³-hybridized carbons (Fsp3) is 0.478. The summed E-state index contributed by atoms with van der Waals surface area (Å²) in [7, 11) is 0. The highest BCUT2D eigenvalue weighted by Crippen LogP contribution is 2.27. The van der Waals surface area contributed by atoms with Crippen molar-refractivity contribution < 1.29 is 9.18 Å². The fourth-order valence-electron chi connectivity index (χ4n) is 4.39. The quantitative estimate of drug-likeness (QED) is 0.828. The van der Waals surface area contributed by atoms with E-state index in [4.69, 9.17) is 0 Å². The SMILES string of the molecule is O=C(Nc1cccnc1N1CCCCC1)C1CCCN(Cc2cccc(F)c2)C1. The van der Waals surface area contributed by atoms with Crippen molar-refractivity contribution in [2.75, 3.05) is 36.4 Å². The predicted molar refractivity (Wildman–Crippen MR) is 113 cm³/mol. The smallest absolute Gasteiger partial charge is 0.228 e. The lowest BCUT2D eigenvalue weighted by Gasteiger charge is -2.33. The maximum atomic E-state index is 13.5. The first-order valence-corrected chi connectivity index (χ1v) is 10.7. The number of carbonyl (C=O) groups excluding carboxylic acids is 1. The van der Waals surface area contributed by atoms with Crippen LogP contribution in [0.5, 0.6) is 0 Å². The molecule has 4 rings (SSSR count). The van der Waals surface area contributed by atoms with Crippen LogP contribution in [0.4, 0.5) is 15.9 Å². The van der Waals surface area contributed by atoms with Gasteiger partial charge in [-0.3, -0.25) is 9.69 Å². The minimum Gasteiger partial charge on any atom is -0.355 e. The fourth-order valence-corrected chi connectivity index (χ4v) is 4.39. The van der Waals surface area contributed by atoms with Crippen molar-refractivity contribution in [3.05, 3.63) is 54.0 Å². The summed E-state index contributed by atoms with van der Waals surface area (Å²) in [4.78, 5) is 22.1. The summed E-state index contributed by atoms with van der Waals surface area (Å²) >= 11 is 0. The average Bonchev–Trinajstić information content (AvgIpc) is 2.75. The number of nitrogens with zero attached hydrogens (tertiary/aromatic N) is 3. The monoisotopic (exact) mass is 396 g/mol. The van der Waals surface area contributed by atoms with Gasteiger partial charge in [0, 0.05) is 32.4 Å². The number of benzene rings is 1. The molecule has 1 unspecified atom stereocenters. The summed E-state index contributed by atoms with van der Waals surface area (Å²) in [6, 6.07) is 10.5. The van der Waals surface area contributed by atoms with Gasteiger partial charge < -0.3 is 10.2 Å². The number of anilines is 2. The summed E-state index contributed by atoms with van der Waals surface area (Å²) in [5, 5.41) is 3.14. The van der Waals surface area contributed by atoms with E-state index in [0.717, 1.165) is 49.5 Å². The number of carbonyl (C=O) groups is 1. The number of likely N-dealkylation sites (tertiary alicyclic amines) is 1. The number of amides is 1. The van der Waals surface area contributed by atoms with E-state index in [2.05, 4.69) is 20.1 Å². The molecule has 5 nitrogen and oxygen atoms in total. The van der Waals surface area contributed by atoms with Crippen molar-refractivity contribution in [2.45, 2.75) is 38.6 Å². The Hall–Kier alpha value is -2.47. The van der Waals surface area contributed by atoms with Crippen LogP contribution in [0.25, 0.3) is 0 Å². The third-order valence-corrected chi connectivity index (χ3v) is 5.87. The molecule has 1 N–H and O–H groups in total. The van der Waals surface area contributed by atoms with Crippen molar-refractivity contribution in [3.63, 3.8) is 0 Å². The number of piperidine rings is 2. The maximum Gasteiger partial charge on any atom is 0.228 e. The molecule has 1 aromatic heterocycles. The molecule has 2 saturated heterocycles. The molecular weight excluding hydrogens is 367 g/mol. The third kappa shape index (κ3) is 5.12. The topological polar surface area (TPSA) is 48.5 Å². The van der Waals surface area contributed by atoms with E-state index in [1.807, 2.05) is 18.2 Å². The number of hydrogen-bond acceptors (Lipinski definition) is 4. The van der Waals surface area contributed by atoms with Gasteiger partial charge in [-0.1, -0.05) is 12.1 Å². The molecule has 1 amide bonds. The minimum atomic E-state index is -0.212. The van der Waals surface area contributed by atoms with Gasteiger partial charge in [-0.2, -0.15) is 0 Å². The molecule has 3 heterocycles. The van der Waals surface area contributed by atoms with Crippen LogP contribution in [0, 0.1) is 11.7 Å². The van der Waals surface area contributed by atoms with Gasteiger partial charge in [0.05, 0.1) is 11.6 Å². The van der Waals surface area contributed by atoms with Crippen LogP contribution in [0.3, 0.4) is 0 Å². The van der Waals surface area contributed by atoms with Crippen LogP contribution in [0.1, 0.15) is 37.7 Å². The molecule has 29 heavy (non-hydrogen) atoms. The molecule has 6 heteroatoms. The molecule has 0 radical (unpaired) electrons. The van der Waals surface area contributed by atoms with Crippen molar-refractivity contribution >= 4 is 17.4 Å². The van der Waals surface area contributed by atoms with Crippen LogP contribution in [-0.4, -0.2) is 42.0 Å². The Morgan fingerprint density at radius 1 is 1.10 bits per heavy atom. The third-order valence-electron chi connectivity index (χ3n) is 5.87. The summed E-state index contributed by atoms with van der Waals surface area (Å²) in [6.45, 7) is 4.29. The van der Waals surface area contributed by atoms with Crippen LogP contribution in [0.2, 0.25) is 0 Å². The van der Waals surface area contributed by atoms with Crippen molar-refractivity contribution in [1.29, 1.82) is 0 Å². The Kier molecular flexibility index (Phi) is 6.39. The first kappa shape index (κ1) is 19.8. The van der Waals surface area contributed by atoms with Crippen molar-refractivity contribution in [1.82, 2.24) is 9.88 Å². The Labute approximate surface area is 171 Å². The molecule has 0 aliphatic carbocycles. The minimum absolute atomic E-state index is 0.0557. The number of nitrogens with one attached hydrogen (secondary N) is 1. The van der Waals surface area contributed by atoms with Crippen LogP contribution >= 0.6 is 0 Å². The molecule has 1 atom stereocenters. The van der Waals surface area contributed by atoms with Crippen LogP contribution in [-0.2, 0) is 11.3 Å². The normalized spacial score (nSPS) is 20.4. The lowest BCUT2D eigenvalue weighted by molar-refractivity contribution is -0.121. The van der Waals surface area contributed by atoms with Crippen LogP contribution in [0.15, 0.2) is 42.6 Å². The van der Waals surface area contributed by atoms with E-state index < -0.39 is 0 Å². The summed E-state index contributed by atoms with van der Waals surface area (Å²) in [6.07, 6.45) is 7.24. The standard InChI is InChI=1S/C23H29FN4O/c24-20-9-4-7-18(15-20)16-27-12-6-8-19(17-27)23(29)26-21-10-5-11-25-22(21)28-13-2-1-3-14-28/h4-5,7,9-11,15,19H,1-3,6,8,12-14,16-17H2,(H,26,29). The molecule has 0 saturated carbocycles. The number of rotatable bonds is 5. The van der Waals surface area contributed by atoms with E-state index in [1.165, 1.54) is 25.3 Å². The first-order chi connectivity index (χ1) is 14.2. The van der Waals surface area contributed by atoms with Crippen LogP contribution < -0.4 is 10.2 Å². The van der Waals surface area contributed by atoms with E-state index in [9.17, 15) is 9.18 Å². The van der Waals surface area contributed by atoms with Gasteiger partial charge in [-0.25, -0.2) is 9.37 Å². The highest BCUT2D eigenvalue weighted by molar-refractivity contribution is 5.95. The lowest BCUT2D eigenvalue weighted by Crippen LogP contribution is -2.40. The highest BCUT2D eigenvalue weighted by Gasteiger charge is 2.27. The van der Waals surface area contributed by atoms with Gasteiger partial charge >= 0.3 is 0 Å². The highest BCUT2D eigenvalue weighted by atomic mass is 19.1. The first-order valence-electron chi connectivity index (χ1n) is 10.7. The number of aromatic nitrogens is 1. The zero-order valence-corrected chi connectivity index (χ0v) is 16.8. The summed E-state index contributed by atoms with van der Waals surface area (Å²) in [5.74, 6) is 0.663. The van der Waals surface area contributed by atoms with Gasteiger partial charge in [0.2, 0.25) is 5.91 Å². The lowest BCUT2D eigenvalue weighted by atomic mass is 9.96. The molecule has 2 aliphatic heterocycles. The molecule has 2 aliphatic rings. The second kappa shape index (κ2) is 9.35. The average molecular weight is 397 g/mol. The molecular formula is C23H29FN4O. The van der Waals surface area contributed by atoms with Gasteiger partial charge in [0.15, 0.2) is 5.82 Å². The van der Waals surface area contributed by atoms with E-state index in [1.54, 1.807) is 18.3 Å². The van der Waals surface area contributed by atoms with Crippen molar-refractivity contribution in [3.8, 4) is 0 Å². The van der Waals surface area contributed by atoms with E-state index in [0.29, 0.717) is 13.1 Å². The number of hydrogen-bond donors (Lipinski definition) is 1. The van der Waals surface area contributed by atoms with Gasteiger partial charge in [0.1, 0.15) is 5.82 Å². The van der Waals surface area contributed by atoms with E-state index in [-0.39, 0.29) is 17.6 Å². The largest absolute Gasteiger partial charge is 0.355 e. The van der Waals surface area contributed by atoms with Crippen molar-refractivity contribution in [2.24, 2.45) is 5.92 Å². The molecule has 1 aromatic carbocycles. The number of pyridine rings is 1. The second-order valence-electron chi connectivity index (χ2n) is 8.12. The number of halogens is 1. The molecule has 154 valence electrons. The predicted octanol–water partition coefficient (Wildman–Crippen LogP) is 4.06. The maximum absolute atomic E-state index is 13.5. The zero-order valence-electron chi connectivity index (χ0n) is 16.8. The second-order valence-corrected chi connectivity index (χ2v) is 8.12. The van der Waals surface area contributed by atoms with Gasteiger partial charge in [-0.15, -0.1) is 0 Å². The van der Waals surface area contributed by atoms with Gasteiger partial charge in [0.25, 0.3) is 0 Å². The molecule has 2 aromatic rings. The molecule has 0 bridgehead atoms. The summed E-state index contributed by atoms with van der Waals surface area (Å²) in [5.41, 5.74) is 1.76. The Morgan fingerprint density at radius 3 is 2.79 bits per heavy atom. The summed E-state index contributed by atoms with van der Waals surface area (Å²) < 4.78 is 13.5. The molecule has 2 fully saturated rings.